The van der Waals surface area contributed by atoms with E-state index in [4.69, 9.17) is 4.98 Å². The first kappa shape index (κ1) is 17.6. The van der Waals surface area contributed by atoms with Crippen molar-refractivity contribution in [2.24, 2.45) is 5.41 Å². The number of hydrogen-bond acceptors (Lipinski definition) is 3. The lowest BCUT2D eigenvalue weighted by Crippen LogP contribution is -2.47. The van der Waals surface area contributed by atoms with Crippen LogP contribution in [0, 0.1) is 5.41 Å². The van der Waals surface area contributed by atoms with Crippen molar-refractivity contribution in [3.05, 3.63) is 83.6 Å². The number of piperidine rings is 1. The summed E-state index contributed by atoms with van der Waals surface area (Å²) in [4.78, 5) is 20.1. The summed E-state index contributed by atoms with van der Waals surface area (Å²) in [5.41, 5.74) is 3.51. The van der Waals surface area contributed by atoms with Gasteiger partial charge in [0.25, 0.3) is 0 Å². The molecule has 1 aliphatic heterocycles. The van der Waals surface area contributed by atoms with Crippen LogP contribution in [0.3, 0.4) is 0 Å². The van der Waals surface area contributed by atoms with Crippen LogP contribution in [0.5, 0.6) is 0 Å². The lowest BCUT2D eigenvalue weighted by Gasteiger charge is -2.38. The van der Waals surface area contributed by atoms with Gasteiger partial charge >= 0.3 is 0 Å². The topological polar surface area (TPSA) is 33.2 Å². The Labute approximate surface area is 160 Å². The van der Waals surface area contributed by atoms with Gasteiger partial charge in [-0.2, -0.15) is 0 Å². The van der Waals surface area contributed by atoms with Gasteiger partial charge in [0.1, 0.15) is 0 Å². The van der Waals surface area contributed by atoms with Crippen LogP contribution in [-0.2, 0) is 11.3 Å². The SMILES string of the molecule is CC1(C)CN(Cc2ccccc2)C/C(=C/c2ccc3ccccc3n2)C1=O. The molecule has 27 heavy (non-hydrogen) atoms. The highest BCUT2D eigenvalue weighted by atomic mass is 16.1. The molecule has 3 nitrogen and oxygen atoms in total. The number of para-hydroxylation sites is 1. The van der Waals surface area contributed by atoms with E-state index < -0.39 is 5.41 Å². The fraction of sp³-hybridized carbons (Fsp3) is 0.250. The Bertz CT molecular complexity index is 1010. The summed E-state index contributed by atoms with van der Waals surface area (Å²) in [6.45, 7) is 6.34. The van der Waals surface area contributed by atoms with Crippen LogP contribution >= 0.6 is 0 Å². The van der Waals surface area contributed by atoms with Gasteiger partial charge < -0.3 is 0 Å². The Kier molecular flexibility index (Phi) is 4.63. The highest BCUT2D eigenvalue weighted by Crippen LogP contribution is 2.30. The first-order valence-electron chi connectivity index (χ1n) is 9.39. The number of hydrogen-bond donors (Lipinski definition) is 0. The lowest BCUT2D eigenvalue weighted by atomic mass is 9.79. The van der Waals surface area contributed by atoms with Crippen molar-refractivity contribution in [3.63, 3.8) is 0 Å². The number of fused-ring (bicyclic) bond motifs is 1. The molecule has 3 heteroatoms. The standard InChI is InChI=1S/C24H24N2O/c1-24(2)17-26(15-18-8-4-3-5-9-18)16-20(23(24)27)14-21-13-12-19-10-6-7-11-22(19)25-21/h3-14H,15-17H2,1-2H3/b20-14-. The van der Waals surface area contributed by atoms with Crippen molar-refractivity contribution in [2.45, 2.75) is 20.4 Å². The Hall–Kier alpha value is -2.78. The number of carbonyl (C=O) groups is 1. The Morgan fingerprint density at radius 3 is 2.56 bits per heavy atom. The first-order chi connectivity index (χ1) is 13.0. The van der Waals surface area contributed by atoms with Crippen molar-refractivity contribution >= 4 is 22.8 Å². The maximum absolute atomic E-state index is 13.0. The van der Waals surface area contributed by atoms with Crippen LogP contribution in [0.1, 0.15) is 25.1 Å². The minimum Gasteiger partial charge on any atom is -0.294 e. The smallest absolute Gasteiger partial charge is 0.167 e. The molecule has 0 atom stereocenters. The molecule has 0 spiro atoms. The average Bonchev–Trinajstić information content (AvgIpc) is 2.66. The molecule has 2 heterocycles. The van der Waals surface area contributed by atoms with E-state index >= 15 is 0 Å². The Balaban J connectivity index is 1.64. The molecule has 3 aromatic rings. The van der Waals surface area contributed by atoms with E-state index in [2.05, 4.69) is 41.3 Å². The maximum Gasteiger partial charge on any atom is 0.167 e. The van der Waals surface area contributed by atoms with Gasteiger partial charge in [0.15, 0.2) is 5.78 Å². The van der Waals surface area contributed by atoms with Crippen molar-refractivity contribution < 1.29 is 4.79 Å². The second-order valence-corrected chi connectivity index (χ2v) is 7.94. The number of ketones is 1. The van der Waals surface area contributed by atoms with Crippen LogP contribution in [-0.4, -0.2) is 28.8 Å². The van der Waals surface area contributed by atoms with Crippen molar-refractivity contribution in [1.29, 1.82) is 0 Å². The summed E-state index contributed by atoms with van der Waals surface area (Å²) < 4.78 is 0. The predicted molar refractivity (Wildman–Crippen MR) is 110 cm³/mol. The molecule has 0 unspecified atom stereocenters. The third-order valence-electron chi connectivity index (χ3n) is 5.11. The number of pyridine rings is 1. The molecule has 1 aliphatic rings. The number of benzene rings is 2. The Morgan fingerprint density at radius 1 is 1.00 bits per heavy atom. The van der Waals surface area contributed by atoms with Crippen LogP contribution in [0.15, 0.2) is 72.3 Å². The van der Waals surface area contributed by atoms with Gasteiger partial charge in [-0.05, 0) is 23.8 Å². The van der Waals surface area contributed by atoms with Gasteiger partial charge in [0.05, 0.1) is 11.2 Å². The molecular formula is C24H24N2O. The third kappa shape index (κ3) is 3.83. The Morgan fingerprint density at radius 2 is 1.74 bits per heavy atom. The molecule has 136 valence electrons. The average molecular weight is 356 g/mol. The predicted octanol–water partition coefficient (Wildman–Crippen LogP) is 4.73. The second kappa shape index (κ2) is 7.09. The lowest BCUT2D eigenvalue weighted by molar-refractivity contribution is -0.126. The van der Waals surface area contributed by atoms with E-state index in [9.17, 15) is 4.79 Å². The number of Topliss-reactive ketones (excluding diaryl/α,β-unsaturated/α-hetero) is 1. The number of aromatic nitrogens is 1. The highest BCUT2D eigenvalue weighted by Gasteiger charge is 2.37. The summed E-state index contributed by atoms with van der Waals surface area (Å²) >= 11 is 0. The van der Waals surface area contributed by atoms with Crippen LogP contribution in [0.2, 0.25) is 0 Å². The third-order valence-corrected chi connectivity index (χ3v) is 5.11. The molecule has 0 bridgehead atoms. The van der Waals surface area contributed by atoms with Crippen LogP contribution in [0.25, 0.3) is 17.0 Å². The normalized spacial score (nSPS) is 18.9. The number of nitrogens with zero attached hydrogens (tertiary/aromatic N) is 2. The summed E-state index contributed by atoms with van der Waals surface area (Å²) in [6.07, 6.45) is 1.97. The zero-order chi connectivity index (χ0) is 18.9. The van der Waals surface area contributed by atoms with Crippen LogP contribution < -0.4 is 0 Å². The monoisotopic (exact) mass is 356 g/mol. The van der Waals surface area contributed by atoms with Gasteiger partial charge in [0.2, 0.25) is 0 Å². The number of rotatable bonds is 3. The molecule has 1 saturated heterocycles. The molecule has 4 rings (SSSR count). The minimum atomic E-state index is -0.393. The summed E-state index contributed by atoms with van der Waals surface area (Å²) in [5, 5.41) is 1.11. The van der Waals surface area contributed by atoms with Gasteiger partial charge in [-0.25, -0.2) is 4.98 Å². The quantitative estimate of drug-likeness (QED) is 0.636. The zero-order valence-electron chi connectivity index (χ0n) is 15.9. The summed E-state index contributed by atoms with van der Waals surface area (Å²) in [7, 11) is 0. The molecule has 0 N–H and O–H groups in total. The van der Waals surface area contributed by atoms with Gasteiger partial charge in [0, 0.05) is 36.0 Å². The second-order valence-electron chi connectivity index (χ2n) is 7.94. The highest BCUT2D eigenvalue weighted by molar-refractivity contribution is 6.04. The maximum atomic E-state index is 13.0. The molecule has 0 aliphatic carbocycles. The number of likely N-dealkylation sites (tertiary alicyclic amines) is 1. The molecule has 2 aromatic carbocycles. The van der Waals surface area contributed by atoms with Gasteiger partial charge in [-0.15, -0.1) is 0 Å². The summed E-state index contributed by atoms with van der Waals surface area (Å²) in [6, 6.07) is 22.5. The van der Waals surface area contributed by atoms with Crippen molar-refractivity contribution in [2.75, 3.05) is 13.1 Å². The van der Waals surface area contributed by atoms with Crippen LogP contribution in [0.4, 0.5) is 0 Å². The molecule has 0 radical (unpaired) electrons. The largest absolute Gasteiger partial charge is 0.294 e. The van der Waals surface area contributed by atoms with E-state index in [1.807, 2.05) is 50.3 Å². The molecule has 0 amide bonds. The zero-order valence-corrected chi connectivity index (χ0v) is 15.9. The van der Waals surface area contributed by atoms with E-state index in [-0.39, 0.29) is 5.78 Å². The van der Waals surface area contributed by atoms with Crippen molar-refractivity contribution in [1.82, 2.24) is 9.88 Å². The first-order valence-corrected chi connectivity index (χ1v) is 9.39. The molecule has 1 fully saturated rings. The van der Waals surface area contributed by atoms with E-state index in [0.29, 0.717) is 6.54 Å². The van der Waals surface area contributed by atoms with Gasteiger partial charge in [-0.1, -0.05) is 68.4 Å². The molecular weight excluding hydrogens is 332 g/mol. The van der Waals surface area contributed by atoms with E-state index in [1.54, 1.807) is 0 Å². The van der Waals surface area contributed by atoms with Gasteiger partial charge in [-0.3, -0.25) is 9.69 Å². The van der Waals surface area contributed by atoms with Crippen molar-refractivity contribution in [3.8, 4) is 0 Å². The van der Waals surface area contributed by atoms with E-state index in [1.165, 1.54) is 5.56 Å². The summed E-state index contributed by atoms with van der Waals surface area (Å²) in [5.74, 6) is 0.224. The fourth-order valence-electron chi connectivity index (χ4n) is 3.84. The molecule has 1 aromatic heterocycles. The minimum absolute atomic E-state index is 0.224. The fourth-order valence-corrected chi connectivity index (χ4v) is 3.84. The van der Waals surface area contributed by atoms with E-state index in [0.717, 1.165) is 35.3 Å². The number of carbonyl (C=O) groups excluding carboxylic acids is 1. The molecule has 0 saturated carbocycles.